The zero-order valence-electron chi connectivity index (χ0n) is 18.1. The zero-order valence-corrected chi connectivity index (χ0v) is 18.1. The standard InChI is InChI=1S/C27H22N2O4/c1-18-11-13-19(14-12-18)25-23(17-20-7-5-6-10-24(20)29(31)32)26-22(15-16-33-26)27(30)28(25)21-8-3-2-4-9-21/h2-14,17,25H,15-16H2,1H3/b23-17+/t25-/m1/s1. The van der Waals surface area contributed by atoms with Gasteiger partial charge in [-0.2, -0.15) is 0 Å². The van der Waals surface area contributed by atoms with Crippen LogP contribution < -0.4 is 4.90 Å². The predicted octanol–water partition coefficient (Wildman–Crippen LogP) is 5.75. The number of benzene rings is 3. The molecule has 3 aromatic carbocycles. The van der Waals surface area contributed by atoms with Crippen LogP contribution in [0.4, 0.5) is 11.4 Å². The normalized spacial score (nSPS) is 18.9. The quantitative estimate of drug-likeness (QED) is 0.384. The van der Waals surface area contributed by atoms with E-state index >= 15 is 0 Å². The van der Waals surface area contributed by atoms with Gasteiger partial charge in [-0.1, -0.05) is 60.2 Å². The molecule has 0 spiro atoms. The fourth-order valence-electron chi connectivity index (χ4n) is 4.46. The molecule has 0 radical (unpaired) electrons. The fourth-order valence-corrected chi connectivity index (χ4v) is 4.46. The van der Waals surface area contributed by atoms with Crippen LogP contribution in [0.2, 0.25) is 0 Å². The highest BCUT2D eigenvalue weighted by molar-refractivity contribution is 6.09. The molecule has 2 heterocycles. The zero-order chi connectivity index (χ0) is 22.9. The largest absolute Gasteiger partial charge is 0.492 e. The van der Waals surface area contributed by atoms with E-state index in [9.17, 15) is 14.9 Å². The van der Waals surface area contributed by atoms with Crippen LogP contribution in [0.5, 0.6) is 0 Å². The number of hydrogen-bond acceptors (Lipinski definition) is 4. The molecule has 2 aliphatic rings. The third kappa shape index (κ3) is 3.69. The minimum absolute atomic E-state index is 0.0102. The molecule has 0 saturated carbocycles. The molecule has 5 rings (SSSR count). The minimum atomic E-state index is -0.489. The summed E-state index contributed by atoms with van der Waals surface area (Å²) in [6, 6.07) is 23.7. The van der Waals surface area contributed by atoms with Crippen LogP contribution in [0.1, 0.15) is 29.2 Å². The second kappa shape index (κ2) is 8.39. The van der Waals surface area contributed by atoms with Crippen molar-refractivity contribution in [2.24, 2.45) is 0 Å². The van der Waals surface area contributed by atoms with Gasteiger partial charge in [-0.15, -0.1) is 0 Å². The van der Waals surface area contributed by atoms with E-state index in [0.717, 1.165) is 22.4 Å². The molecular formula is C27H22N2O4. The Hall–Kier alpha value is -4.19. The van der Waals surface area contributed by atoms with Crippen molar-refractivity contribution in [3.05, 3.63) is 123 Å². The number of hydrogen-bond donors (Lipinski definition) is 0. The molecule has 0 aromatic heterocycles. The molecule has 3 aromatic rings. The molecule has 0 unspecified atom stereocenters. The number of nitro benzene ring substituents is 1. The number of amides is 1. The number of rotatable bonds is 4. The second-order valence-electron chi connectivity index (χ2n) is 8.15. The Kier molecular flexibility index (Phi) is 5.26. The topological polar surface area (TPSA) is 72.7 Å². The van der Waals surface area contributed by atoms with Crippen LogP contribution >= 0.6 is 0 Å². The van der Waals surface area contributed by atoms with Crippen molar-refractivity contribution in [1.29, 1.82) is 0 Å². The smallest absolute Gasteiger partial charge is 0.276 e. The summed E-state index contributed by atoms with van der Waals surface area (Å²) in [5.74, 6) is 0.440. The fraction of sp³-hybridized carbons (Fsp3) is 0.148. The highest BCUT2D eigenvalue weighted by Gasteiger charge is 2.42. The molecule has 0 bridgehead atoms. The van der Waals surface area contributed by atoms with Gasteiger partial charge in [0.25, 0.3) is 11.6 Å². The molecule has 164 valence electrons. The summed E-state index contributed by atoms with van der Waals surface area (Å²) in [5, 5.41) is 11.7. The maximum absolute atomic E-state index is 13.7. The number of aryl methyl sites for hydroxylation is 1. The lowest BCUT2D eigenvalue weighted by atomic mass is 9.87. The van der Waals surface area contributed by atoms with Crippen molar-refractivity contribution in [1.82, 2.24) is 0 Å². The Morgan fingerprint density at radius 1 is 1.00 bits per heavy atom. The van der Waals surface area contributed by atoms with E-state index in [1.165, 1.54) is 6.07 Å². The first kappa shape index (κ1) is 20.7. The molecule has 0 fully saturated rings. The summed E-state index contributed by atoms with van der Waals surface area (Å²) in [6.45, 7) is 2.42. The summed E-state index contributed by atoms with van der Waals surface area (Å²) in [4.78, 5) is 26.8. The van der Waals surface area contributed by atoms with Gasteiger partial charge in [0.15, 0.2) is 0 Å². The lowest BCUT2D eigenvalue weighted by Crippen LogP contribution is -2.40. The van der Waals surface area contributed by atoms with Gasteiger partial charge in [-0.05, 0) is 36.8 Å². The summed E-state index contributed by atoms with van der Waals surface area (Å²) in [6.07, 6.45) is 2.30. The average Bonchev–Trinajstić information content (AvgIpc) is 3.33. The molecule has 6 nitrogen and oxygen atoms in total. The Labute approximate surface area is 191 Å². The molecular weight excluding hydrogens is 416 g/mol. The highest BCUT2D eigenvalue weighted by atomic mass is 16.6. The second-order valence-corrected chi connectivity index (χ2v) is 8.15. The number of ether oxygens (including phenoxy) is 1. The van der Waals surface area contributed by atoms with Gasteiger partial charge in [-0.3, -0.25) is 19.8 Å². The number of anilines is 1. The van der Waals surface area contributed by atoms with E-state index in [4.69, 9.17) is 4.74 Å². The van der Waals surface area contributed by atoms with Gasteiger partial charge in [0.1, 0.15) is 5.76 Å². The first-order valence-corrected chi connectivity index (χ1v) is 10.8. The molecule has 1 atom stereocenters. The van der Waals surface area contributed by atoms with Gasteiger partial charge in [0.2, 0.25) is 0 Å². The maximum atomic E-state index is 13.7. The predicted molar refractivity (Wildman–Crippen MR) is 127 cm³/mol. The van der Waals surface area contributed by atoms with Crippen LogP contribution in [-0.4, -0.2) is 17.4 Å². The number of nitrogens with zero attached hydrogens (tertiary/aromatic N) is 2. The van der Waals surface area contributed by atoms with Gasteiger partial charge in [-0.25, -0.2) is 0 Å². The Morgan fingerprint density at radius 2 is 1.70 bits per heavy atom. The summed E-state index contributed by atoms with van der Waals surface area (Å²) in [7, 11) is 0. The Morgan fingerprint density at radius 3 is 2.42 bits per heavy atom. The molecule has 33 heavy (non-hydrogen) atoms. The third-order valence-electron chi connectivity index (χ3n) is 6.04. The van der Waals surface area contributed by atoms with Gasteiger partial charge < -0.3 is 4.74 Å². The Bertz CT molecular complexity index is 1290. The average molecular weight is 438 g/mol. The summed E-state index contributed by atoms with van der Waals surface area (Å²) in [5.41, 5.74) is 4.60. The summed E-state index contributed by atoms with van der Waals surface area (Å²) < 4.78 is 5.97. The number of carbonyl (C=O) groups is 1. The first-order valence-electron chi connectivity index (χ1n) is 10.8. The van der Waals surface area contributed by atoms with Crippen molar-refractivity contribution in [3.8, 4) is 0 Å². The number of nitro groups is 1. The first-order chi connectivity index (χ1) is 16.0. The van der Waals surface area contributed by atoms with E-state index in [1.54, 1.807) is 29.2 Å². The van der Waals surface area contributed by atoms with Crippen LogP contribution in [0, 0.1) is 17.0 Å². The van der Waals surface area contributed by atoms with Gasteiger partial charge in [0, 0.05) is 23.7 Å². The third-order valence-corrected chi connectivity index (χ3v) is 6.04. The van der Waals surface area contributed by atoms with Crippen molar-refractivity contribution in [2.75, 3.05) is 11.5 Å². The number of carbonyl (C=O) groups excluding carboxylic acids is 1. The van der Waals surface area contributed by atoms with Crippen molar-refractivity contribution in [3.63, 3.8) is 0 Å². The maximum Gasteiger partial charge on any atom is 0.276 e. The molecule has 0 saturated heterocycles. The van der Waals surface area contributed by atoms with E-state index in [-0.39, 0.29) is 16.5 Å². The number of para-hydroxylation sites is 2. The van der Waals surface area contributed by atoms with E-state index < -0.39 is 6.04 Å². The van der Waals surface area contributed by atoms with Crippen molar-refractivity contribution in [2.45, 2.75) is 19.4 Å². The van der Waals surface area contributed by atoms with Crippen LogP contribution in [-0.2, 0) is 9.53 Å². The van der Waals surface area contributed by atoms with Crippen LogP contribution in [0.3, 0.4) is 0 Å². The summed E-state index contributed by atoms with van der Waals surface area (Å²) >= 11 is 0. The molecule has 1 amide bonds. The van der Waals surface area contributed by atoms with Gasteiger partial charge in [0.05, 0.1) is 28.7 Å². The van der Waals surface area contributed by atoms with Crippen molar-refractivity contribution < 1.29 is 14.5 Å². The van der Waals surface area contributed by atoms with Crippen LogP contribution in [0.25, 0.3) is 6.08 Å². The van der Waals surface area contributed by atoms with Crippen molar-refractivity contribution >= 4 is 23.4 Å². The highest BCUT2D eigenvalue weighted by Crippen LogP contribution is 2.46. The molecule has 0 aliphatic carbocycles. The molecule has 2 aliphatic heterocycles. The SMILES string of the molecule is Cc1ccc([C@@H]2/C(=C\c3ccccc3[N+](=O)[O-])C3=C(CCO3)C(=O)N2c2ccccc2)cc1. The van der Waals surface area contributed by atoms with E-state index in [2.05, 4.69) is 0 Å². The van der Waals surface area contributed by atoms with E-state index in [0.29, 0.717) is 29.9 Å². The van der Waals surface area contributed by atoms with E-state index in [1.807, 2.05) is 61.5 Å². The van der Waals surface area contributed by atoms with Crippen LogP contribution in [0.15, 0.2) is 95.8 Å². The monoisotopic (exact) mass is 438 g/mol. The lowest BCUT2D eigenvalue weighted by Gasteiger charge is -2.38. The minimum Gasteiger partial charge on any atom is -0.492 e. The van der Waals surface area contributed by atoms with Gasteiger partial charge >= 0.3 is 0 Å². The lowest BCUT2D eigenvalue weighted by molar-refractivity contribution is -0.385. The molecule has 6 heteroatoms. The Balaban J connectivity index is 1.78. The molecule has 0 N–H and O–H groups in total.